The number of hydrogen-bond acceptors (Lipinski definition) is 4. The standard InChI is InChI=1S/C25H22Cl2N2O2/c1-30-20-12-8-17(9-13-20)7-11-19-16-24(21-5-3-4-6-25(21)31-2)29(28-19)23-14-10-18(26)15-22(23)27/h3-15,24H,16H2,1-2H3/b11-7-/t24-/m0/s1. The van der Waals surface area contributed by atoms with Gasteiger partial charge in [0.1, 0.15) is 11.5 Å². The third kappa shape index (κ3) is 4.71. The molecule has 4 rings (SSSR count). The fourth-order valence-electron chi connectivity index (χ4n) is 3.61. The van der Waals surface area contributed by atoms with E-state index in [4.69, 9.17) is 37.8 Å². The summed E-state index contributed by atoms with van der Waals surface area (Å²) in [6.07, 6.45) is 4.80. The molecule has 3 aromatic carbocycles. The number of halogens is 2. The topological polar surface area (TPSA) is 34.1 Å². The van der Waals surface area contributed by atoms with E-state index in [2.05, 4.69) is 6.07 Å². The van der Waals surface area contributed by atoms with Gasteiger partial charge in [0.05, 0.1) is 36.7 Å². The fraction of sp³-hybridized carbons (Fsp3) is 0.160. The quantitative estimate of drug-likeness (QED) is 0.402. The summed E-state index contributed by atoms with van der Waals surface area (Å²) in [6, 6.07) is 21.3. The van der Waals surface area contributed by atoms with E-state index >= 15 is 0 Å². The molecule has 0 N–H and O–H groups in total. The highest BCUT2D eigenvalue weighted by Gasteiger charge is 2.31. The lowest BCUT2D eigenvalue weighted by atomic mass is 10.00. The van der Waals surface area contributed by atoms with E-state index in [1.807, 2.05) is 71.8 Å². The molecule has 158 valence electrons. The van der Waals surface area contributed by atoms with Crippen LogP contribution in [0.4, 0.5) is 5.69 Å². The van der Waals surface area contributed by atoms with Gasteiger partial charge in [0.15, 0.2) is 0 Å². The zero-order chi connectivity index (χ0) is 21.8. The van der Waals surface area contributed by atoms with Crippen LogP contribution in [-0.2, 0) is 0 Å². The van der Waals surface area contributed by atoms with Crippen LogP contribution in [0.2, 0.25) is 10.0 Å². The Morgan fingerprint density at radius 3 is 2.42 bits per heavy atom. The number of methoxy groups -OCH3 is 2. The number of allylic oxidation sites excluding steroid dienone is 1. The van der Waals surface area contributed by atoms with Gasteiger partial charge < -0.3 is 9.47 Å². The zero-order valence-corrected chi connectivity index (χ0v) is 18.8. The predicted octanol–water partition coefficient (Wildman–Crippen LogP) is 7.03. The molecular weight excluding hydrogens is 431 g/mol. The first-order valence-electron chi connectivity index (χ1n) is 9.86. The first-order valence-corrected chi connectivity index (χ1v) is 10.6. The largest absolute Gasteiger partial charge is 0.497 e. The third-order valence-electron chi connectivity index (χ3n) is 5.17. The fourth-order valence-corrected chi connectivity index (χ4v) is 4.11. The maximum atomic E-state index is 6.53. The molecule has 0 radical (unpaired) electrons. The third-order valence-corrected chi connectivity index (χ3v) is 5.71. The Labute approximate surface area is 192 Å². The average molecular weight is 453 g/mol. The molecular formula is C25H22Cl2N2O2. The van der Waals surface area contributed by atoms with Gasteiger partial charge in [-0.25, -0.2) is 0 Å². The van der Waals surface area contributed by atoms with E-state index in [-0.39, 0.29) is 6.04 Å². The lowest BCUT2D eigenvalue weighted by Gasteiger charge is -2.26. The average Bonchev–Trinajstić information content (AvgIpc) is 3.21. The van der Waals surface area contributed by atoms with Gasteiger partial charge in [-0.3, -0.25) is 5.01 Å². The van der Waals surface area contributed by atoms with Crippen molar-refractivity contribution < 1.29 is 9.47 Å². The highest BCUT2D eigenvalue weighted by molar-refractivity contribution is 6.36. The second-order valence-electron chi connectivity index (χ2n) is 7.10. The number of ether oxygens (including phenoxy) is 2. The monoisotopic (exact) mass is 452 g/mol. The summed E-state index contributed by atoms with van der Waals surface area (Å²) in [6.45, 7) is 0. The van der Waals surface area contributed by atoms with Crippen LogP contribution in [0.1, 0.15) is 23.6 Å². The van der Waals surface area contributed by atoms with Crippen LogP contribution in [0.25, 0.3) is 6.08 Å². The number of para-hydroxylation sites is 1. The molecule has 0 aliphatic carbocycles. The van der Waals surface area contributed by atoms with Crippen LogP contribution in [0, 0.1) is 0 Å². The number of hydrazone groups is 1. The lowest BCUT2D eigenvalue weighted by molar-refractivity contribution is 0.405. The number of hydrogen-bond donors (Lipinski definition) is 0. The normalized spacial score (nSPS) is 15.9. The van der Waals surface area contributed by atoms with Gasteiger partial charge in [-0.2, -0.15) is 5.10 Å². The maximum Gasteiger partial charge on any atom is 0.124 e. The molecule has 6 heteroatoms. The highest BCUT2D eigenvalue weighted by Crippen LogP contribution is 2.42. The molecule has 1 heterocycles. The molecule has 0 aromatic heterocycles. The zero-order valence-electron chi connectivity index (χ0n) is 17.3. The summed E-state index contributed by atoms with van der Waals surface area (Å²) in [5.41, 5.74) is 3.86. The van der Waals surface area contributed by atoms with Crippen molar-refractivity contribution >= 4 is 40.7 Å². The van der Waals surface area contributed by atoms with Crippen molar-refractivity contribution in [1.82, 2.24) is 0 Å². The first-order chi connectivity index (χ1) is 15.1. The van der Waals surface area contributed by atoms with Crippen LogP contribution in [0.3, 0.4) is 0 Å². The molecule has 31 heavy (non-hydrogen) atoms. The Kier molecular flexibility index (Phi) is 6.50. The van der Waals surface area contributed by atoms with Crippen molar-refractivity contribution in [3.05, 3.63) is 94.0 Å². The van der Waals surface area contributed by atoms with Crippen molar-refractivity contribution in [1.29, 1.82) is 0 Å². The number of rotatable bonds is 6. The van der Waals surface area contributed by atoms with E-state index in [0.717, 1.165) is 34.0 Å². The predicted molar refractivity (Wildman–Crippen MR) is 129 cm³/mol. The van der Waals surface area contributed by atoms with Gasteiger partial charge in [-0.05, 0) is 48.0 Å². The van der Waals surface area contributed by atoms with Crippen LogP contribution < -0.4 is 14.5 Å². The van der Waals surface area contributed by atoms with E-state index in [9.17, 15) is 0 Å². The summed E-state index contributed by atoms with van der Waals surface area (Å²) in [7, 11) is 3.34. The Bertz CT molecular complexity index is 1130. The van der Waals surface area contributed by atoms with Gasteiger partial charge in [0.2, 0.25) is 0 Å². The maximum absolute atomic E-state index is 6.53. The van der Waals surface area contributed by atoms with E-state index in [1.54, 1.807) is 20.3 Å². The molecule has 1 atom stereocenters. The molecule has 0 unspecified atom stereocenters. The molecule has 0 spiro atoms. The Morgan fingerprint density at radius 2 is 1.71 bits per heavy atom. The second-order valence-corrected chi connectivity index (χ2v) is 7.94. The second kappa shape index (κ2) is 9.46. The summed E-state index contributed by atoms with van der Waals surface area (Å²) in [4.78, 5) is 0. The summed E-state index contributed by atoms with van der Waals surface area (Å²) < 4.78 is 10.8. The van der Waals surface area contributed by atoms with Crippen LogP contribution >= 0.6 is 23.2 Å². The summed E-state index contributed by atoms with van der Waals surface area (Å²) >= 11 is 12.6. The Morgan fingerprint density at radius 1 is 0.935 bits per heavy atom. The molecule has 1 aliphatic rings. The molecule has 1 aliphatic heterocycles. The lowest BCUT2D eigenvalue weighted by Crippen LogP contribution is -2.19. The van der Waals surface area contributed by atoms with Gasteiger partial charge in [-0.1, -0.05) is 59.6 Å². The van der Waals surface area contributed by atoms with Crippen LogP contribution in [-0.4, -0.2) is 19.9 Å². The SMILES string of the molecule is COc1ccc(/C=C\C2=NN(c3ccc(Cl)cc3Cl)[C@H](c3ccccc3OC)C2)cc1. The minimum absolute atomic E-state index is 0.0506. The van der Waals surface area contributed by atoms with Crippen LogP contribution in [0.15, 0.2) is 77.9 Å². The molecule has 3 aromatic rings. The molecule has 0 bridgehead atoms. The molecule has 0 saturated heterocycles. The summed E-state index contributed by atoms with van der Waals surface area (Å²) in [5, 5.41) is 7.98. The van der Waals surface area contributed by atoms with E-state index in [0.29, 0.717) is 16.5 Å². The summed E-state index contributed by atoms with van der Waals surface area (Å²) in [5.74, 6) is 1.65. The first kappa shape index (κ1) is 21.3. The Hall–Kier alpha value is -2.95. The minimum Gasteiger partial charge on any atom is -0.497 e. The van der Waals surface area contributed by atoms with Gasteiger partial charge in [0.25, 0.3) is 0 Å². The van der Waals surface area contributed by atoms with Crippen molar-refractivity contribution in [2.75, 3.05) is 19.2 Å². The van der Waals surface area contributed by atoms with Crippen molar-refractivity contribution in [2.24, 2.45) is 5.10 Å². The smallest absolute Gasteiger partial charge is 0.124 e. The molecule has 0 amide bonds. The van der Waals surface area contributed by atoms with Crippen molar-refractivity contribution in [3.63, 3.8) is 0 Å². The molecule has 0 fully saturated rings. The van der Waals surface area contributed by atoms with Gasteiger partial charge in [-0.15, -0.1) is 0 Å². The number of nitrogens with zero attached hydrogens (tertiary/aromatic N) is 2. The number of anilines is 1. The van der Waals surface area contributed by atoms with Gasteiger partial charge >= 0.3 is 0 Å². The Balaban J connectivity index is 1.69. The van der Waals surface area contributed by atoms with Crippen molar-refractivity contribution in [3.8, 4) is 11.5 Å². The van der Waals surface area contributed by atoms with Crippen molar-refractivity contribution in [2.45, 2.75) is 12.5 Å². The van der Waals surface area contributed by atoms with Crippen LogP contribution in [0.5, 0.6) is 11.5 Å². The molecule has 0 saturated carbocycles. The molecule has 4 nitrogen and oxygen atoms in total. The number of benzene rings is 3. The minimum atomic E-state index is -0.0506. The van der Waals surface area contributed by atoms with E-state index < -0.39 is 0 Å². The van der Waals surface area contributed by atoms with Gasteiger partial charge in [0, 0.05) is 17.0 Å². The van der Waals surface area contributed by atoms with E-state index in [1.165, 1.54) is 0 Å². The highest BCUT2D eigenvalue weighted by atomic mass is 35.5.